The van der Waals surface area contributed by atoms with E-state index in [1.165, 1.54) is 6.07 Å². The fourth-order valence-corrected chi connectivity index (χ4v) is 3.78. The van der Waals surface area contributed by atoms with Crippen LogP contribution in [0.25, 0.3) is 22.3 Å². The summed E-state index contributed by atoms with van der Waals surface area (Å²) in [5.74, 6) is 0.297. The van der Waals surface area contributed by atoms with Gasteiger partial charge in [-0.05, 0) is 30.7 Å². The molecule has 0 radical (unpaired) electrons. The molecule has 0 saturated heterocycles. The van der Waals surface area contributed by atoms with Gasteiger partial charge in [0.2, 0.25) is 5.95 Å². The van der Waals surface area contributed by atoms with Crippen molar-refractivity contribution in [3.05, 3.63) is 64.8 Å². The van der Waals surface area contributed by atoms with Gasteiger partial charge in [-0.3, -0.25) is 5.10 Å². The number of alkyl halides is 3. The number of methoxy groups -OCH3 is 1. The van der Waals surface area contributed by atoms with Crippen LogP contribution in [0.4, 0.5) is 24.8 Å². The molecule has 32 heavy (non-hydrogen) atoms. The Bertz CT molecular complexity index is 1260. The number of benzene rings is 2. The van der Waals surface area contributed by atoms with E-state index in [0.29, 0.717) is 41.5 Å². The number of H-pyrrole nitrogens is 1. The molecule has 0 bridgehead atoms. The third-order valence-electron chi connectivity index (χ3n) is 4.98. The zero-order valence-electron chi connectivity index (χ0n) is 17.2. The van der Waals surface area contributed by atoms with Crippen molar-refractivity contribution in [1.82, 2.24) is 20.2 Å². The number of hydrogen-bond donors (Lipinski definition) is 1. The minimum Gasteiger partial charge on any atom is -0.380 e. The second-order valence-corrected chi connectivity index (χ2v) is 7.41. The zero-order valence-corrected chi connectivity index (χ0v) is 18.0. The van der Waals surface area contributed by atoms with Crippen molar-refractivity contribution in [3.8, 4) is 11.3 Å². The standard InChI is InChI=1S/C22H19ClF3N5O/c1-3-31(18-9-8-14(10-16(18)23)22(24,25)26)21-28-17-11-27-30-20(17)19(29-21)15-7-5-4-6-13(15)12-32-2/h4-11H,3,12H2,1-2H3,(H,27,30). The molecule has 2 aromatic carbocycles. The van der Waals surface area contributed by atoms with Crippen molar-refractivity contribution in [2.75, 3.05) is 18.6 Å². The maximum atomic E-state index is 13.1. The first-order valence-corrected chi connectivity index (χ1v) is 10.1. The molecule has 2 aromatic heterocycles. The number of nitrogens with one attached hydrogen (secondary N) is 1. The van der Waals surface area contributed by atoms with E-state index >= 15 is 0 Å². The SMILES string of the molecule is CCN(c1nc(-c2ccccc2COC)c2[nH]ncc2n1)c1ccc(C(F)(F)F)cc1Cl. The van der Waals surface area contributed by atoms with Gasteiger partial charge in [-0.25, -0.2) is 9.97 Å². The lowest BCUT2D eigenvalue weighted by Crippen LogP contribution is -2.20. The van der Waals surface area contributed by atoms with Crippen molar-refractivity contribution in [3.63, 3.8) is 0 Å². The van der Waals surface area contributed by atoms with Gasteiger partial charge in [0.05, 0.1) is 29.1 Å². The summed E-state index contributed by atoms with van der Waals surface area (Å²) in [6.07, 6.45) is -2.91. The van der Waals surface area contributed by atoms with Gasteiger partial charge in [0, 0.05) is 19.2 Å². The maximum absolute atomic E-state index is 13.1. The van der Waals surface area contributed by atoms with Crippen LogP contribution in [0.1, 0.15) is 18.1 Å². The highest BCUT2D eigenvalue weighted by Gasteiger charge is 2.31. The average Bonchev–Trinajstić information content (AvgIpc) is 3.23. The molecule has 0 fully saturated rings. The van der Waals surface area contributed by atoms with Gasteiger partial charge in [0.15, 0.2) is 0 Å². The number of ether oxygens (including phenoxy) is 1. The normalized spacial score (nSPS) is 11.8. The molecule has 0 atom stereocenters. The molecular formula is C22H19ClF3N5O. The molecule has 0 saturated carbocycles. The van der Waals surface area contributed by atoms with E-state index in [2.05, 4.69) is 15.2 Å². The average molecular weight is 462 g/mol. The van der Waals surface area contributed by atoms with Crippen molar-refractivity contribution in [1.29, 1.82) is 0 Å². The number of aromatic amines is 1. The molecule has 0 aliphatic heterocycles. The molecule has 0 aliphatic carbocycles. The second-order valence-electron chi connectivity index (χ2n) is 7.00. The highest BCUT2D eigenvalue weighted by molar-refractivity contribution is 6.33. The lowest BCUT2D eigenvalue weighted by molar-refractivity contribution is -0.137. The molecule has 0 amide bonds. The zero-order chi connectivity index (χ0) is 22.9. The van der Waals surface area contributed by atoms with Gasteiger partial charge < -0.3 is 9.64 Å². The smallest absolute Gasteiger partial charge is 0.380 e. The Hall–Kier alpha value is -3.17. The fourth-order valence-electron chi connectivity index (χ4n) is 3.50. The first kappa shape index (κ1) is 22.0. The van der Waals surface area contributed by atoms with E-state index in [-0.39, 0.29) is 5.02 Å². The number of hydrogen-bond acceptors (Lipinski definition) is 5. The Morgan fingerprint density at radius 2 is 1.91 bits per heavy atom. The topological polar surface area (TPSA) is 66.9 Å². The van der Waals surface area contributed by atoms with Gasteiger partial charge in [0.25, 0.3) is 0 Å². The molecule has 166 valence electrons. The largest absolute Gasteiger partial charge is 0.416 e. The summed E-state index contributed by atoms with van der Waals surface area (Å²) in [5.41, 5.74) is 3.14. The van der Waals surface area contributed by atoms with E-state index in [0.717, 1.165) is 23.3 Å². The second kappa shape index (κ2) is 8.76. The minimum atomic E-state index is -4.48. The number of rotatable bonds is 6. The number of nitrogens with zero attached hydrogens (tertiary/aromatic N) is 4. The molecule has 0 spiro atoms. The van der Waals surface area contributed by atoms with Gasteiger partial charge in [-0.1, -0.05) is 35.9 Å². The van der Waals surface area contributed by atoms with Crippen LogP contribution in [0.5, 0.6) is 0 Å². The summed E-state index contributed by atoms with van der Waals surface area (Å²) in [4.78, 5) is 11.0. The summed E-state index contributed by atoms with van der Waals surface area (Å²) in [5, 5.41) is 6.98. The Balaban J connectivity index is 1.87. The number of fused-ring (bicyclic) bond motifs is 1. The van der Waals surface area contributed by atoms with E-state index in [4.69, 9.17) is 21.3 Å². The number of halogens is 4. The van der Waals surface area contributed by atoms with Crippen molar-refractivity contribution in [2.24, 2.45) is 0 Å². The number of aromatic nitrogens is 4. The summed E-state index contributed by atoms with van der Waals surface area (Å²) in [6.45, 7) is 2.61. The molecule has 0 unspecified atom stereocenters. The summed E-state index contributed by atoms with van der Waals surface area (Å²) in [7, 11) is 1.61. The van der Waals surface area contributed by atoms with E-state index in [9.17, 15) is 13.2 Å². The molecule has 2 heterocycles. The Morgan fingerprint density at radius 3 is 2.59 bits per heavy atom. The van der Waals surface area contributed by atoms with E-state index in [1.54, 1.807) is 18.2 Å². The Labute approximate surface area is 187 Å². The third kappa shape index (κ3) is 4.13. The van der Waals surface area contributed by atoms with Crippen molar-refractivity contribution < 1.29 is 17.9 Å². The highest BCUT2D eigenvalue weighted by atomic mass is 35.5. The van der Waals surface area contributed by atoms with Gasteiger partial charge >= 0.3 is 6.18 Å². The van der Waals surface area contributed by atoms with Crippen LogP contribution >= 0.6 is 11.6 Å². The van der Waals surface area contributed by atoms with Crippen LogP contribution in [0.2, 0.25) is 5.02 Å². The van der Waals surface area contributed by atoms with Crippen LogP contribution in [0.3, 0.4) is 0 Å². The van der Waals surface area contributed by atoms with Crippen LogP contribution in [0, 0.1) is 0 Å². The van der Waals surface area contributed by atoms with E-state index in [1.807, 2.05) is 31.2 Å². The van der Waals surface area contributed by atoms with Crippen molar-refractivity contribution in [2.45, 2.75) is 19.7 Å². The van der Waals surface area contributed by atoms with Crippen LogP contribution < -0.4 is 4.90 Å². The molecule has 1 N–H and O–H groups in total. The Kier molecular flexibility index (Phi) is 6.03. The molecule has 6 nitrogen and oxygen atoms in total. The number of anilines is 2. The lowest BCUT2D eigenvalue weighted by atomic mass is 10.0. The fraction of sp³-hybridized carbons (Fsp3) is 0.227. The maximum Gasteiger partial charge on any atom is 0.416 e. The first-order valence-electron chi connectivity index (χ1n) is 9.76. The summed E-state index contributed by atoms with van der Waals surface area (Å²) in [6, 6.07) is 10.9. The predicted octanol–water partition coefficient (Wildman–Crippen LogP) is 6.00. The van der Waals surface area contributed by atoms with Gasteiger partial charge in [0.1, 0.15) is 16.7 Å². The lowest BCUT2D eigenvalue weighted by Gasteiger charge is -2.23. The van der Waals surface area contributed by atoms with Crippen LogP contribution in [-0.2, 0) is 17.5 Å². The summed E-state index contributed by atoms with van der Waals surface area (Å²) < 4.78 is 44.5. The van der Waals surface area contributed by atoms with Gasteiger partial charge in [-0.2, -0.15) is 18.3 Å². The Morgan fingerprint density at radius 1 is 1.12 bits per heavy atom. The summed E-state index contributed by atoms with van der Waals surface area (Å²) >= 11 is 6.25. The highest BCUT2D eigenvalue weighted by Crippen LogP contribution is 2.38. The quantitative estimate of drug-likeness (QED) is 0.381. The molecule has 4 rings (SSSR count). The monoisotopic (exact) mass is 461 g/mol. The first-order chi connectivity index (χ1) is 15.3. The van der Waals surface area contributed by atoms with E-state index < -0.39 is 11.7 Å². The molecule has 4 aromatic rings. The third-order valence-corrected chi connectivity index (χ3v) is 5.29. The molecular weight excluding hydrogens is 443 g/mol. The molecule has 10 heteroatoms. The predicted molar refractivity (Wildman–Crippen MR) is 117 cm³/mol. The van der Waals surface area contributed by atoms with Gasteiger partial charge in [-0.15, -0.1) is 0 Å². The molecule has 0 aliphatic rings. The van der Waals surface area contributed by atoms with Crippen LogP contribution in [-0.4, -0.2) is 33.8 Å². The van der Waals surface area contributed by atoms with Crippen LogP contribution in [0.15, 0.2) is 48.7 Å². The van der Waals surface area contributed by atoms with Crippen molar-refractivity contribution >= 4 is 34.3 Å². The minimum absolute atomic E-state index is 0.0427.